The average molecular weight is 270 g/mol. The van der Waals surface area contributed by atoms with Gasteiger partial charge in [-0.3, -0.25) is 4.79 Å². The van der Waals surface area contributed by atoms with Crippen LogP contribution in [-0.2, 0) is 4.79 Å². The molecule has 1 N–H and O–H groups in total. The molecule has 4 nitrogen and oxygen atoms in total. The molecule has 1 aliphatic heterocycles. The first-order valence-corrected chi connectivity index (χ1v) is 6.38. The Labute approximate surface area is 111 Å². The molecule has 1 fully saturated rings. The third-order valence-electron chi connectivity index (χ3n) is 3.10. The van der Waals surface area contributed by atoms with E-state index in [0.717, 1.165) is 12.8 Å². The third kappa shape index (κ3) is 2.94. The molecular weight excluding hydrogens is 254 g/mol. The van der Waals surface area contributed by atoms with Gasteiger partial charge in [-0.25, -0.2) is 0 Å². The summed E-state index contributed by atoms with van der Waals surface area (Å²) in [5.41, 5.74) is 0. The van der Waals surface area contributed by atoms with E-state index < -0.39 is 0 Å². The highest BCUT2D eigenvalue weighted by Gasteiger charge is 2.28. The number of aliphatic hydroxyl groups is 1. The molecule has 1 aromatic rings. The van der Waals surface area contributed by atoms with Crippen LogP contribution in [0.25, 0.3) is 0 Å². The van der Waals surface area contributed by atoms with Gasteiger partial charge in [0.05, 0.1) is 17.7 Å². The van der Waals surface area contributed by atoms with Crippen molar-refractivity contribution in [3.8, 4) is 5.75 Å². The summed E-state index contributed by atoms with van der Waals surface area (Å²) in [5, 5.41) is 9.65. The molecule has 18 heavy (non-hydrogen) atoms. The standard InChI is InChI=1S/C13H16ClNO3/c14-11-5-1-2-6-12(11)18-9-13(17)15-7-3-4-10(15)8-16/h1-2,5-6,10,16H,3-4,7-9H2/t10-/m1/s1. The first-order valence-electron chi connectivity index (χ1n) is 6.00. The van der Waals surface area contributed by atoms with Crippen LogP contribution in [0.4, 0.5) is 0 Å². The predicted octanol–water partition coefficient (Wildman–Crippen LogP) is 1.70. The molecule has 0 radical (unpaired) electrons. The van der Waals surface area contributed by atoms with Gasteiger partial charge in [-0.1, -0.05) is 23.7 Å². The van der Waals surface area contributed by atoms with Gasteiger partial charge < -0.3 is 14.7 Å². The topological polar surface area (TPSA) is 49.8 Å². The number of aliphatic hydroxyl groups excluding tert-OH is 1. The number of carbonyl (C=O) groups is 1. The second kappa shape index (κ2) is 6.07. The number of rotatable bonds is 4. The van der Waals surface area contributed by atoms with Crippen LogP contribution in [0.15, 0.2) is 24.3 Å². The molecule has 5 heteroatoms. The summed E-state index contributed by atoms with van der Waals surface area (Å²) < 4.78 is 5.40. The summed E-state index contributed by atoms with van der Waals surface area (Å²) in [6.07, 6.45) is 1.79. The van der Waals surface area contributed by atoms with Gasteiger partial charge in [0.15, 0.2) is 6.61 Å². The van der Waals surface area contributed by atoms with Crippen molar-refractivity contribution in [3.05, 3.63) is 29.3 Å². The Morgan fingerprint density at radius 2 is 2.28 bits per heavy atom. The quantitative estimate of drug-likeness (QED) is 0.905. The smallest absolute Gasteiger partial charge is 0.260 e. The van der Waals surface area contributed by atoms with Crippen molar-refractivity contribution in [1.82, 2.24) is 4.90 Å². The molecule has 0 aliphatic carbocycles. The van der Waals surface area contributed by atoms with Gasteiger partial charge >= 0.3 is 0 Å². The maximum absolute atomic E-state index is 11.9. The fourth-order valence-electron chi connectivity index (χ4n) is 2.14. The Bertz CT molecular complexity index is 424. The largest absolute Gasteiger partial charge is 0.482 e. The van der Waals surface area contributed by atoms with Gasteiger partial charge in [-0.2, -0.15) is 0 Å². The van der Waals surface area contributed by atoms with E-state index in [1.165, 1.54) is 0 Å². The van der Waals surface area contributed by atoms with Crippen LogP contribution < -0.4 is 4.74 Å². The zero-order valence-electron chi connectivity index (χ0n) is 10.0. The third-order valence-corrected chi connectivity index (χ3v) is 3.41. The molecule has 1 heterocycles. The average Bonchev–Trinajstić information content (AvgIpc) is 2.86. The van der Waals surface area contributed by atoms with Crippen molar-refractivity contribution in [2.45, 2.75) is 18.9 Å². The molecule has 1 atom stereocenters. The van der Waals surface area contributed by atoms with E-state index in [4.69, 9.17) is 21.4 Å². The number of hydrogen-bond donors (Lipinski definition) is 1. The van der Waals surface area contributed by atoms with Crippen LogP contribution in [0.3, 0.4) is 0 Å². The van der Waals surface area contributed by atoms with Crippen molar-refractivity contribution >= 4 is 17.5 Å². The highest BCUT2D eigenvalue weighted by molar-refractivity contribution is 6.32. The van der Waals surface area contributed by atoms with Crippen LogP contribution in [0.1, 0.15) is 12.8 Å². The van der Waals surface area contributed by atoms with Crippen LogP contribution in [0, 0.1) is 0 Å². The number of hydrogen-bond acceptors (Lipinski definition) is 3. The zero-order valence-corrected chi connectivity index (χ0v) is 10.8. The molecule has 1 amide bonds. The second-order valence-corrected chi connectivity index (χ2v) is 4.69. The zero-order chi connectivity index (χ0) is 13.0. The lowest BCUT2D eigenvalue weighted by molar-refractivity contribution is -0.134. The van der Waals surface area contributed by atoms with Crippen LogP contribution in [0.2, 0.25) is 5.02 Å². The molecule has 0 aromatic heterocycles. The Morgan fingerprint density at radius 1 is 1.50 bits per heavy atom. The molecule has 1 aliphatic rings. The summed E-state index contributed by atoms with van der Waals surface area (Å²) in [6, 6.07) is 6.99. The van der Waals surface area contributed by atoms with Gasteiger partial charge in [0.1, 0.15) is 5.75 Å². The van der Waals surface area contributed by atoms with Gasteiger partial charge in [0.25, 0.3) is 5.91 Å². The minimum absolute atomic E-state index is 0.0117. The Morgan fingerprint density at radius 3 is 3.00 bits per heavy atom. The molecule has 2 rings (SSSR count). The monoisotopic (exact) mass is 269 g/mol. The molecule has 1 saturated heterocycles. The lowest BCUT2D eigenvalue weighted by Gasteiger charge is -2.23. The van der Waals surface area contributed by atoms with Crippen molar-refractivity contribution in [2.75, 3.05) is 19.8 Å². The van der Waals surface area contributed by atoms with E-state index in [9.17, 15) is 4.79 Å². The summed E-state index contributed by atoms with van der Waals surface area (Å²) in [5.74, 6) is 0.402. The highest BCUT2D eigenvalue weighted by atomic mass is 35.5. The summed E-state index contributed by atoms with van der Waals surface area (Å²) in [6.45, 7) is 0.661. The maximum Gasteiger partial charge on any atom is 0.260 e. The van der Waals surface area contributed by atoms with Crippen molar-refractivity contribution in [3.63, 3.8) is 0 Å². The lowest BCUT2D eigenvalue weighted by atomic mass is 10.2. The molecule has 0 saturated carbocycles. The van der Waals surface area contributed by atoms with Crippen LogP contribution >= 0.6 is 11.6 Å². The number of benzene rings is 1. The normalized spacial score (nSPS) is 19.0. The first kappa shape index (κ1) is 13.2. The molecule has 98 valence electrons. The number of likely N-dealkylation sites (tertiary alicyclic amines) is 1. The van der Waals surface area contributed by atoms with Crippen molar-refractivity contribution in [2.24, 2.45) is 0 Å². The fourth-order valence-corrected chi connectivity index (χ4v) is 2.33. The van der Waals surface area contributed by atoms with Gasteiger partial charge in [-0.05, 0) is 25.0 Å². The second-order valence-electron chi connectivity index (χ2n) is 4.28. The summed E-state index contributed by atoms with van der Waals surface area (Å²) >= 11 is 5.93. The Kier molecular flexibility index (Phi) is 4.44. The SMILES string of the molecule is O=C(COc1ccccc1Cl)N1CCC[C@@H]1CO. The highest BCUT2D eigenvalue weighted by Crippen LogP contribution is 2.23. The van der Waals surface area contributed by atoms with Crippen LogP contribution in [-0.4, -0.2) is 41.7 Å². The minimum atomic E-state index is -0.105. The summed E-state index contributed by atoms with van der Waals surface area (Å²) in [7, 11) is 0. The van der Waals surface area contributed by atoms with Crippen molar-refractivity contribution in [1.29, 1.82) is 0 Å². The van der Waals surface area contributed by atoms with E-state index in [1.807, 2.05) is 0 Å². The molecular formula is C13H16ClNO3. The van der Waals surface area contributed by atoms with Gasteiger partial charge in [-0.15, -0.1) is 0 Å². The van der Waals surface area contributed by atoms with Crippen molar-refractivity contribution < 1.29 is 14.6 Å². The number of nitrogens with zero attached hydrogens (tertiary/aromatic N) is 1. The Hall–Kier alpha value is -1.26. The van der Waals surface area contributed by atoms with Crippen LogP contribution in [0.5, 0.6) is 5.75 Å². The number of para-hydroxylation sites is 1. The lowest BCUT2D eigenvalue weighted by Crippen LogP contribution is -2.40. The summed E-state index contributed by atoms with van der Waals surface area (Å²) in [4.78, 5) is 13.6. The van der Waals surface area contributed by atoms with E-state index in [1.54, 1.807) is 29.2 Å². The number of halogens is 1. The van der Waals surface area contributed by atoms with Gasteiger partial charge in [0, 0.05) is 6.54 Å². The predicted molar refractivity (Wildman–Crippen MR) is 68.8 cm³/mol. The van der Waals surface area contributed by atoms with E-state index in [2.05, 4.69) is 0 Å². The number of ether oxygens (including phenoxy) is 1. The Balaban J connectivity index is 1.90. The molecule has 1 aromatic carbocycles. The van der Waals surface area contributed by atoms with Gasteiger partial charge in [0.2, 0.25) is 0 Å². The fraction of sp³-hybridized carbons (Fsp3) is 0.462. The van der Waals surface area contributed by atoms with E-state index >= 15 is 0 Å². The number of amides is 1. The van der Waals surface area contributed by atoms with E-state index in [0.29, 0.717) is 17.3 Å². The number of carbonyl (C=O) groups excluding carboxylic acids is 1. The molecule has 0 bridgehead atoms. The first-order chi connectivity index (χ1) is 8.72. The maximum atomic E-state index is 11.9. The molecule has 0 spiro atoms. The molecule has 0 unspecified atom stereocenters. The van der Waals surface area contributed by atoms with E-state index in [-0.39, 0.29) is 25.2 Å². The minimum Gasteiger partial charge on any atom is -0.482 e.